The molecule has 2 nitrogen and oxygen atoms in total. The molecule has 2 rings (SSSR count). The lowest BCUT2D eigenvalue weighted by molar-refractivity contribution is -0.0777. The lowest BCUT2D eigenvalue weighted by atomic mass is 9.76. The van der Waals surface area contributed by atoms with Gasteiger partial charge in [0.25, 0.3) is 0 Å². The van der Waals surface area contributed by atoms with Gasteiger partial charge in [-0.15, -0.1) is 11.6 Å². The molecule has 1 unspecified atom stereocenters. The average Bonchev–Trinajstić information content (AvgIpc) is 2.27. The fourth-order valence-corrected chi connectivity index (χ4v) is 2.99. The molecule has 1 aromatic rings. The van der Waals surface area contributed by atoms with Crippen molar-refractivity contribution in [3.8, 4) is 0 Å². The first kappa shape index (κ1) is 13.1. The Balaban J connectivity index is 1.93. The molecule has 0 N–H and O–H groups in total. The number of nitrogens with zero attached hydrogens (tertiary/aromatic N) is 1. The third-order valence-electron chi connectivity index (χ3n) is 3.59. The van der Waals surface area contributed by atoms with Gasteiger partial charge in [-0.2, -0.15) is 0 Å². The van der Waals surface area contributed by atoms with Gasteiger partial charge in [0.05, 0.1) is 10.6 Å². The Morgan fingerprint density at radius 2 is 2.29 bits per heavy atom. The van der Waals surface area contributed by atoms with E-state index < -0.39 is 0 Å². The van der Waals surface area contributed by atoms with Crippen LogP contribution < -0.4 is 0 Å². The van der Waals surface area contributed by atoms with Crippen LogP contribution in [0.15, 0.2) is 18.5 Å². The van der Waals surface area contributed by atoms with Gasteiger partial charge in [0.15, 0.2) is 0 Å². The Morgan fingerprint density at radius 3 is 2.82 bits per heavy atom. The standard InChI is InChI=1S/C13H17Cl2NO/c1-17-13(4-2-5-13)8-11(14)7-10-3-6-16-9-12(10)15/h3,6,9,11H,2,4-5,7-8H2,1H3. The summed E-state index contributed by atoms with van der Waals surface area (Å²) in [5, 5.41) is 0.758. The maximum absolute atomic E-state index is 6.40. The minimum atomic E-state index is 0.0198. The molecule has 17 heavy (non-hydrogen) atoms. The Kier molecular flexibility index (Phi) is 4.29. The molecule has 1 fully saturated rings. The summed E-state index contributed by atoms with van der Waals surface area (Å²) in [6, 6.07) is 1.93. The molecule has 94 valence electrons. The third kappa shape index (κ3) is 3.12. The SMILES string of the molecule is COC1(CC(Cl)Cc2ccncc2Cl)CCC1. The number of halogens is 2. The van der Waals surface area contributed by atoms with Gasteiger partial charge in [-0.1, -0.05) is 11.6 Å². The fraction of sp³-hybridized carbons (Fsp3) is 0.615. The predicted molar refractivity (Wildman–Crippen MR) is 70.8 cm³/mol. The van der Waals surface area contributed by atoms with Crippen molar-refractivity contribution in [3.05, 3.63) is 29.0 Å². The zero-order chi connectivity index (χ0) is 12.3. The molecule has 0 aromatic carbocycles. The second-order valence-electron chi connectivity index (χ2n) is 4.71. The average molecular weight is 274 g/mol. The molecule has 0 radical (unpaired) electrons. The fourth-order valence-electron chi connectivity index (χ4n) is 2.35. The second kappa shape index (κ2) is 5.55. The molecule has 0 bridgehead atoms. The van der Waals surface area contributed by atoms with Crippen LogP contribution in [0.3, 0.4) is 0 Å². The van der Waals surface area contributed by atoms with Crippen molar-refractivity contribution in [2.24, 2.45) is 0 Å². The van der Waals surface area contributed by atoms with Crippen molar-refractivity contribution >= 4 is 23.2 Å². The monoisotopic (exact) mass is 273 g/mol. The van der Waals surface area contributed by atoms with Crippen LogP contribution in [0.4, 0.5) is 0 Å². The molecular weight excluding hydrogens is 257 g/mol. The molecule has 0 amide bonds. The topological polar surface area (TPSA) is 22.1 Å². The molecular formula is C13H17Cl2NO. The highest BCUT2D eigenvalue weighted by molar-refractivity contribution is 6.31. The number of pyridine rings is 1. The van der Waals surface area contributed by atoms with E-state index in [1.165, 1.54) is 6.42 Å². The van der Waals surface area contributed by atoms with Gasteiger partial charge in [0, 0.05) is 24.9 Å². The van der Waals surface area contributed by atoms with E-state index in [2.05, 4.69) is 4.98 Å². The van der Waals surface area contributed by atoms with Crippen molar-refractivity contribution < 1.29 is 4.74 Å². The quantitative estimate of drug-likeness (QED) is 0.761. The Bertz CT molecular complexity index is 374. The van der Waals surface area contributed by atoms with Crippen molar-refractivity contribution in [2.45, 2.75) is 43.1 Å². The van der Waals surface area contributed by atoms with Crippen molar-refractivity contribution in [3.63, 3.8) is 0 Å². The molecule has 1 atom stereocenters. The molecule has 1 aliphatic rings. The summed E-state index contributed by atoms with van der Waals surface area (Å²) < 4.78 is 5.58. The minimum Gasteiger partial charge on any atom is -0.378 e. The molecule has 0 spiro atoms. The second-order valence-corrected chi connectivity index (χ2v) is 5.74. The van der Waals surface area contributed by atoms with E-state index in [1.807, 2.05) is 6.07 Å². The summed E-state index contributed by atoms with van der Waals surface area (Å²) in [5.74, 6) is 0. The van der Waals surface area contributed by atoms with Crippen molar-refractivity contribution in [1.29, 1.82) is 0 Å². The summed E-state index contributed by atoms with van der Waals surface area (Å²) in [6.07, 6.45) is 8.56. The lowest BCUT2D eigenvalue weighted by Crippen LogP contribution is -2.41. The number of hydrogen-bond donors (Lipinski definition) is 0. The van der Waals surface area contributed by atoms with Crippen LogP contribution >= 0.6 is 23.2 Å². The van der Waals surface area contributed by atoms with Crippen LogP contribution in [-0.2, 0) is 11.2 Å². The van der Waals surface area contributed by atoms with Crippen molar-refractivity contribution in [1.82, 2.24) is 4.98 Å². The van der Waals surface area contributed by atoms with Crippen LogP contribution in [0.1, 0.15) is 31.2 Å². The van der Waals surface area contributed by atoms with E-state index in [0.717, 1.165) is 31.2 Å². The Hall–Kier alpha value is -0.310. The highest BCUT2D eigenvalue weighted by atomic mass is 35.5. The lowest BCUT2D eigenvalue weighted by Gasteiger charge is -2.41. The van der Waals surface area contributed by atoms with Gasteiger partial charge < -0.3 is 4.74 Å². The van der Waals surface area contributed by atoms with Crippen LogP contribution in [-0.4, -0.2) is 23.1 Å². The van der Waals surface area contributed by atoms with E-state index in [1.54, 1.807) is 19.5 Å². The van der Waals surface area contributed by atoms with Gasteiger partial charge >= 0.3 is 0 Å². The van der Waals surface area contributed by atoms with Gasteiger partial charge in [-0.3, -0.25) is 4.98 Å². The van der Waals surface area contributed by atoms with Crippen molar-refractivity contribution in [2.75, 3.05) is 7.11 Å². The molecule has 1 aliphatic carbocycles. The summed E-state index contributed by atoms with van der Waals surface area (Å²) in [7, 11) is 1.78. The maximum Gasteiger partial charge on any atom is 0.0693 e. The van der Waals surface area contributed by atoms with E-state index in [0.29, 0.717) is 5.02 Å². The summed E-state index contributed by atoms with van der Waals surface area (Å²) in [6.45, 7) is 0. The zero-order valence-corrected chi connectivity index (χ0v) is 11.5. The molecule has 0 saturated heterocycles. The molecule has 4 heteroatoms. The largest absolute Gasteiger partial charge is 0.378 e. The smallest absolute Gasteiger partial charge is 0.0693 e. The summed E-state index contributed by atoms with van der Waals surface area (Å²) >= 11 is 12.5. The van der Waals surface area contributed by atoms with E-state index in [4.69, 9.17) is 27.9 Å². The molecule has 1 saturated carbocycles. The van der Waals surface area contributed by atoms with Gasteiger partial charge in [-0.05, 0) is 43.7 Å². The normalized spacial score (nSPS) is 19.7. The van der Waals surface area contributed by atoms with Crippen LogP contribution in [0, 0.1) is 0 Å². The highest BCUT2D eigenvalue weighted by Crippen LogP contribution is 2.40. The van der Waals surface area contributed by atoms with Crippen LogP contribution in [0.2, 0.25) is 5.02 Å². The molecule has 1 aromatic heterocycles. The summed E-state index contributed by atoms with van der Waals surface area (Å²) in [5.41, 5.74) is 1.08. The van der Waals surface area contributed by atoms with E-state index in [9.17, 15) is 0 Å². The number of rotatable bonds is 5. The number of alkyl halides is 1. The third-order valence-corrected chi connectivity index (χ3v) is 4.24. The first-order chi connectivity index (χ1) is 8.15. The minimum absolute atomic E-state index is 0.0198. The molecule has 1 heterocycles. The summed E-state index contributed by atoms with van der Waals surface area (Å²) in [4.78, 5) is 3.97. The van der Waals surface area contributed by atoms with Gasteiger partial charge in [0.1, 0.15) is 0 Å². The number of aromatic nitrogens is 1. The predicted octanol–water partition coefficient (Wildman–Crippen LogP) is 3.84. The van der Waals surface area contributed by atoms with Gasteiger partial charge in [0.2, 0.25) is 0 Å². The first-order valence-corrected chi connectivity index (χ1v) is 6.74. The Morgan fingerprint density at radius 1 is 1.53 bits per heavy atom. The van der Waals surface area contributed by atoms with E-state index in [-0.39, 0.29) is 11.0 Å². The zero-order valence-electron chi connectivity index (χ0n) is 9.96. The van der Waals surface area contributed by atoms with Gasteiger partial charge in [-0.25, -0.2) is 0 Å². The molecule has 0 aliphatic heterocycles. The number of ether oxygens (including phenoxy) is 1. The first-order valence-electron chi connectivity index (χ1n) is 5.93. The Labute approximate surface area is 112 Å². The van der Waals surface area contributed by atoms with E-state index >= 15 is 0 Å². The number of methoxy groups -OCH3 is 1. The highest BCUT2D eigenvalue weighted by Gasteiger charge is 2.38. The van der Waals surface area contributed by atoms with Crippen LogP contribution in [0.25, 0.3) is 0 Å². The number of hydrogen-bond acceptors (Lipinski definition) is 2. The van der Waals surface area contributed by atoms with Crippen LogP contribution in [0.5, 0.6) is 0 Å². The maximum atomic E-state index is 6.40.